The third-order valence-corrected chi connectivity index (χ3v) is 3.68. The van der Waals surface area contributed by atoms with Crippen LogP contribution in [-0.2, 0) is 16.0 Å². The number of ether oxygens (including phenoxy) is 1. The van der Waals surface area contributed by atoms with Crippen LogP contribution in [0.2, 0.25) is 0 Å². The van der Waals surface area contributed by atoms with Gasteiger partial charge in [-0.2, -0.15) is 0 Å². The summed E-state index contributed by atoms with van der Waals surface area (Å²) in [5.74, 6) is -0.0964. The molecule has 0 saturated carbocycles. The lowest BCUT2D eigenvalue weighted by molar-refractivity contribution is -0.143. The molecule has 1 aromatic carbocycles. The number of esters is 1. The van der Waals surface area contributed by atoms with E-state index in [0.717, 1.165) is 23.7 Å². The fourth-order valence-corrected chi connectivity index (χ4v) is 2.68. The number of carbonyl (C=O) groups is 1. The van der Waals surface area contributed by atoms with Crippen LogP contribution < -0.4 is 5.32 Å². The van der Waals surface area contributed by atoms with Gasteiger partial charge in [-0.15, -0.1) is 0 Å². The van der Waals surface area contributed by atoms with Crippen LogP contribution in [0.15, 0.2) is 22.7 Å². The van der Waals surface area contributed by atoms with E-state index in [1.165, 1.54) is 11.3 Å². The maximum Gasteiger partial charge on any atom is 0.305 e. The molecule has 1 atom stereocenters. The molecule has 4 heteroatoms. The van der Waals surface area contributed by atoms with E-state index in [4.69, 9.17) is 4.74 Å². The van der Waals surface area contributed by atoms with Crippen LogP contribution >= 0.6 is 15.9 Å². The summed E-state index contributed by atoms with van der Waals surface area (Å²) in [4.78, 5) is 11.3. The van der Waals surface area contributed by atoms with Crippen LogP contribution in [0.5, 0.6) is 0 Å². The number of rotatable bonds is 4. The predicted molar refractivity (Wildman–Crippen MR) is 75.7 cm³/mol. The van der Waals surface area contributed by atoms with Crippen LogP contribution in [0, 0.1) is 0 Å². The maximum absolute atomic E-state index is 11.3. The van der Waals surface area contributed by atoms with Crippen LogP contribution in [-0.4, -0.2) is 18.6 Å². The van der Waals surface area contributed by atoms with Gasteiger partial charge in [-0.3, -0.25) is 4.79 Å². The third kappa shape index (κ3) is 3.48. The average molecular weight is 312 g/mol. The zero-order valence-corrected chi connectivity index (χ0v) is 12.1. The molecule has 0 aromatic heterocycles. The summed E-state index contributed by atoms with van der Waals surface area (Å²) < 4.78 is 6.06. The average Bonchev–Trinajstić information content (AvgIpc) is 2.36. The second-order valence-electron chi connectivity index (χ2n) is 4.53. The third-order valence-electron chi connectivity index (χ3n) is 3.19. The molecule has 3 nitrogen and oxygen atoms in total. The summed E-state index contributed by atoms with van der Waals surface area (Å²) in [5, 5.41) is 3.49. The van der Waals surface area contributed by atoms with E-state index < -0.39 is 0 Å². The summed E-state index contributed by atoms with van der Waals surface area (Å²) in [5.41, 5.74) is 2.54. The summed E-state index contributed by atoms with van der Waals surface area (Å²) in [6.45, 7) is 2.30. The van der Waals surface area contributed by atoms with Crippen molar-refractivity contribution in [3.8, 4) is 0 Å². The van der Waals surface area contributed by atoms with E-state index in [2.05, 4.69) is 33.4 Å². The zero-order valence-electron chi connectivity index (χ0n) is 10.5. The monoisotopic (exact) mass is 311 g/mol. The number of anilines is 1. The Morgan fingerprint density at radius 3 is 3.17 bits per heavy atom. The molecule has 0 fully saturated rings. The fourth-order valence-electron chi connectivity index (χ4n) is 2.27. The van der Waals surface area contributed by atoms with Gasteiger partial charge in [-0.25, -0.2) is 0 Å². The van der Waals surface area contributed by atoms with E-state index in [1.54, 1.807) is 0 Å². The van der Waals surface area contributed by atoms with Crippen molar-refractivity contribution in [1.29, 1.82) is 0 Å². The minimum Gasteiger partial charge on any atom is -0.466 e. The second-order valence-corrected chi connectivity index (χ2v) is 5.44. The van der Waals surface area contributed by atoms with Gasteiger partial charge in [0.05, 0.1) is 6.61 Å². The minimum atomic E-state index is -0.0964. The number of fused-ring (bicyclic) bond motifs is 1. The molecule has 1 heterocycles. The Morgan fingerprint density at radius 2 is 2.39 bits per heavy atom. The Kier molecular flexibility index (Phi) is 4.64. The lowest BCUT2D eigenvalue weighted by Gasteiger charge is -2.27. The number of halogens is 1. The maximum atomic E-state index is 11.3. The van der Waals surface area contributed by atoms with Gasteiger partial charge in [0.25, 0.3) is 0 Å². The molecule has 1 aliphatic heterocycles. The fraction of sp³-hybridized carbons (Fsp3) is 0.500. The Bertz CT molecular complexity index is 434. The molecule has 98 valence electrons. The van der Waals surface area contributed by atoms with Gasteiger partial charge in [0.15, 0.2) is 0 Å². The predicted octanol–water partition coefficient (Wildman–Crippen LogP) is 3.52. The molecule has 1 unspecified atom stereocenters. The van der Waals surface area contributed by atoms with Crippen LogP contribution in [0.4, 0.5) is 5.69 Å². The molecule has 0 aliphatic carbocycles. The molecule has 2 rings (SSSR count). The van der Waals surface area contributed by atoms with Gasteiger partial charge in [-0.1, -0.05) is 15.9 Å². The van der Waals surface area contributed by atoms with Crippen molar-refractivity contribution in [3.05, 3.63) is 28.2 Å². The molecule has 0 radical (unpaired) electrons. The molecule has 1 aliphatic rings. The van der Waals surface area contributed by atoms with Crippen molar-refractivity contribution in [1.82, 2.24) is 0 Å². The van der Waals surface area contributed by atoms with Gasteiger partial charge < -0.3 is 10.1 Å². The van der Waals surface area contributed by atoms with Crippen molar-refractivity contribution >= 4 is 27.6 Å². The molecular formula is C14H18BrNO2. The first-order chi connectivity index (χ1) is 8.69. The molecular weight excluding hydrogens is 294 g/mol. The smallest absolute Gasteiger partial charge is 0.305 e. The van der Waals surface area contributed by atoms with E-state index in [1.807, 2.05) is 13.0 Å². The lowest BCUT2D eigenvalue weighted by atomic mass is 9.95. The second kappa shape index (κ2) is 6.23. The quantitative estimate of drug-likeness (QED) is 0.865. The summed E-state index contributed by atoms with van der Waals surface area (Å²) >= 11 is 3.48. The Labute approximate surface area is 116 Å². The number of benzene rings is 1. The van der Waals surface area contributed by atoms with Crippen molar-refractivity contribution in [3.63, 3.8) is 0 Å². The summed E-state index contributed by atoms with van der Waals surface area (Å²) in [7, 11) is 0. The van der Waals surface area contributed by atoms with Crippen molar-refractivity contribution in [2.75, 3.05) is 11.9 Å². The first-order valence-corrected chi connectivity index (χ1v) is 7.19. The highest BCUT2D eigenvalue weighted by molar-refractivity contribution is 9.10. The first-order valence-electron chi connectivity index (χ1n) is 6.39. The Balaban J connectivity index is 1.88. The van der Waals surface area contributed by atoms with Gasteiger partial charge in [0.1, 0.15) is 0 Å². The molecule has 0 spiro atoms. The largest absolute Gasteiger partial charge is 0.466 e. The van der Waals surface area contributed by atoms with Gasteiger partial charge >= 0.3 is 5.97 Å². The Hall–Kier alpha value is -1.03. The Morgan fingerprint density at radius 1 is 1.56 bits per heavy atom. The highest BCUT2D eigenvalue weighted by Gasteiger charge is 2.18. The number of aryl methyl sites for hydroxylation is 1. The lowest BCUT2D eigenvalue weighted by Crippen LogP contribution is -2.26. The normalized spacial score (nSPS) is 17.8. The number of hydrogen-bond acceptors (Lipinski definition) is 3. The summed E-state index contributed by atoms with van der Waals surface area (Å²) in [6.07, 6.45) is 3.48. The standard InChI is InChI=1S/C14H18BrNO2/c1-2-18-14(17)8-6-12-5-3-10-9-11(15)4-7-13(10)16-12/h4,7,9,12,16H,2-3,5-6,8H2,1H3. The van der Waals surface area contributed by atoms with Gasteiger partial charge in [0, 0.05) is 22.6 Å². The van der Waals surface area contributed by atoms with Crippen LogP contribution in [0.25, 0.3) is 0 Å². The van der Waals surface area contributed by atoms with Crippen molar-refractivity contribution in [2.24, 2.45) is 0 Å². The van der Waals surface area contributed by atoms with E-state index in [9.17, 15) is 4.79 Å². The SMILES string of the molecule is CCOC(=O)CCC1CCc2cc(Br)ccc2N1. The number of hydrogen-bond donors (Lipinski definition) is 1. The summed E-state index contributed by atoms with van der Waals surface area (Å²) in [6, 6.07) is 6.67. The molecule has 0 bridgehead atoms. The number of nitrogens with one attached hydrogen (secondary N) is 1. The zero-order chi connectivity index (χ0) is 13.0. The highest BCUT2D eigenvalue weighted by atomic mass is 79.9. The topological polar surface area (TPSA) is 38.3 Å². The first kappa shape index (κ1) is 13.4. The minimum absolute atomic E-state index is 0.0964. The molecule has 1 aromatic rings. The molecule has 18 heavy (non-hydrogen) atoms. The van der Waals surface area contributed by atoms with Crippen molar-refractivity contribution < 1.29 is 9.53 Å². The van der Waals surface area contributed by atoms with Crippen LogP contribution in [0.1, 0.15) is 31.7 Å². The molecule has 1 N–H and O–H groups in total. The van der Waals surface area contributed by atoms with Gasteiger partial charge in [-0.05, 0) is 49.9 Å². The van der Waals surface area contributed by atoms with E-state index in [0.29, 0.717) is 19.1 Å². The highest BCUT2D eigenvalue weighted by Crippen LogP contribution is 2.28. The number of carbonyl (C=O) groups excluding carboxylic acids is 1. The van der Waals surface area contributed by atoms with Gasteiger partial charge in [0.2, 0.25) is 0 Å². The van der Waals surface area contributed by atoms with E-state index >= 15 is 0 Å². The van der Waals surface area contributed by atoms with E-state index in [-0.39, 0.29) is 5.97 Å². The molecule has 0 saturated heterocycles. The molecule has 0 amide bonds. The van der Waals surface area contributed by atoms with Crippen LogP contribution in [0.3, 0.4) is 0 Å². The van der Waals surface area contributed by atoms with Crippen molar-refractivity contribution in [2.45, 2.75) is 38.6 Å².